The smallest absolute Gasteiger partial charge is 0.0988 e. The van der Waals surface area contributed by atoms with Crippen molar-refractivity contribution in [1.82, 2.24) is 0 Å². The molecule has 1 nitrogen and oxygen atoms in total. The first-order valence-electron chi connectivity index (χ1n) is 1.67. The number of rotatable bonds is 1. The Morgan fingerprint density at radius 3 is 2.60 bits per heavy atom. The van der Waals surface area contributed by atoms with Crippen molar-refractivity contribution < 1.29 is 4.74 Å². The average molecular weight is 70.1 g/mol. The topological polar surface area (TPSA) is 12.5 Å². The molecule has 0 saturated carbocycles. The number of ether oxygens (including phenoxy) is 1. The predicted octanol–water partition coefficient (Wildman–Crippen LogP) is 0.571. The molecule has 1 fully saturated rings. The van der Waals surface area contributed by atoms with Crippen LogP contribution in [0.15, 0.2) is 12.7 Å². The second-order valence-electron chi connectivity index (χ2n) is 1.11. The molecule has 0 aromatic rings. The highest BCUT2D eigenvalue weighted by molar-refractivity contribution is 4.87. The summed E-state index contributed by atoms with van der Waals surface area (Å²) in [7, 11) is 0. The van der Waals surface area contributed by atoms with Crippen molar-refractivity contribution in [1.29, 1.82) is 0 Å². The third-order valence-corrected chi connectivity index (χ3v) is 0.622. The number of hydrogen-bond donors (Lipinski definition) is 0. The highest BCUT2D eigenvalue weighted by Gasteiger charge is 2.16. The Hall–Kier alpha value is -0.300. The second kappa shape index (κ2) is 0.830. The molecular formula is C4H6O. The van der Waals surface area contributed by atoms with E-state index in [4.69, 9.17) is 4.74 Å². The van der Waals surface area contributed by atoms with Crippen molar-refractivity contribution in [2.24, 2.45) is 0 Å². The molecule has 0 radical (unpaired) electrons. The minimum atomic E-state index is 0.398. The maximum absolute atomic E-state index is 4.74. The van der Waals surface area contributed by atoms with Gasteiger partial charge >= 0.3 is 0 Å². The van der Waals surface area contributed by atoms with E-state index in [1.807, 2.05) is 0 Å². The lowest BCUT2D eigenvalue weighted by atomic mass is 10.5. The van der Waals surface area contributed by atoms with Crippen LogP contribution in [0, 0.1) is 0 Å². The van der Waals surface area contributed by atoms with E-state index < -0.39 is 0 Å². The lowest BCUT2D eigenvalue weighted by Gasteiger charge is -1.59. The minimum Gasteiger partial charge on any atom is -0.369 e. The van der Waals surface area contributed by atoms with Gasteiger partial charge in [-0.05, 0) is 0 Å². The average Bonchev–Trinajstić information content (AvgIpc) is 2.12. The fourth-order valence-corrected chi connectivity index (χ4v) is 0.192. The summed E-state index contributed by atoms with van der Waals surface area (Å²) in [5, 5.41) is 0. The summed E-state index contributed by atoms with van der Waals surface area (Å²) in [6.07, 6.45) is 2.20. The maximum atomic E-state index is 4.74. The Morgan fingerprint density at radius 2 is 2.60 bits per heavy atom. The van der Waals surface area contributed by atoms with Gasteiger partial charge in [-0.15, -0.1) is 6.58 Å². The van der Waals surface area contributed by atoms with Gasteiger partial charge in [0.2, 0.25) is 0 Å². The Bertz CT molecular complexity index is 45.6. The van der Waals surface area contributed by atoms with Gasteiger partial charge in [0.05, 0.1) is 12.7 Å². The van der Waals surface area contributed by atoms with Gasteiger partial charge in [-0.1, -0.05) is 6.08 Å². The van der Waals surface area contributed by atoms with Crippen LogP contribution in [0.5, 0.6) is 0 Å². The molecule has 0 amide bonds. The van der Waals surface area contributed by atoms with Crippen LogP contribution in [0.25, 0.3) is 0 Å². The highest BCUT2D eigenvalue weighted by Crippen LogP contribution is 2.07. The molecule has 0 unspecified atom stereocenters. The highest BCUT2D eigenvalue weighted by atomic mass is 16.6. The van der Waals surface area contributed by atoms with Crippen molar-refractivity contribution in [3.63, 3.8) is 0 Å². The van der Waals surface area contributed by atoms with Gasteiger partial charge < -0.3 is 4.74 Å². The van der Waals surface area contributed by atoms with Crippen LogP contribution in [-0.2, 0) is 4.74 Å². The Kier molecular flexibility index (Phi) is 0.484. The third-order valence-electron chi connectivity index (χ3n) is 0.622. The van der Waals surface area contributed by atoms with Crippen LogP contribution in [-0.4, -0.2) is 12.7 Å². The van der Waals surface area contributed by atoms with Gasteiger partial charge in [0.25, 0.3) is 0 Å². The van der Waals surface area contributed by atoms with Crippen LogP contribution < -0.4 is 0 Å². The van der Waals surface area contributed by atoms with E-state index in [0.717, 1.165) is 6.61 Å². The SMILES string of the molecule is C=C[C@H]1CO1. The largest absolute Gasteiger partial charge is 0.369 e. The number of epoxide rings is 1. The van der Waals surface area contributed by atoms with E-state index in [1.165, 1.54) is 0 Å². The van der Waals surface area contributed by atoms with Crippen LogP contribution in [0.2, 0.25) is 0 Å². The molecule has 0 bridgehead atoms. The molecule has 0 spiro atoms. The molecule has 1 aliphatic heterocycles. The lowest BCUT2D eigenvalue weighted by Crippen LogP contribution is -1.65. The molecule has 0 N–H and O–H groups in total. The molecule has 0 aliphatic carbocycles. The molecule has 0 aromatic heterocycles. The second-order valence-corrected chi connectivity index (χ2v) is 1.11. The third kappa shape index (κ3) is 0.484. The fourth-order valence-electron chi connectivity index (χ4n) is 0.192. The first kappa shape index (κ1) is 2.91. The standard InChI is InChI=1S/C4H6O/c1-2-4-3-5-4/h2,4H,1,3H2/t4-/m0/s1. The van der Waals surface area contributed by atoms with Crippen LogP contribution in [0.4, 0.5) is 0 Å². The summed E-state index contributed by atoms with van der Waals surface area (Å²) in [6, 6.07) is 0. The normalized spacial score (nSPS) is 33.2. The van der Waals surface area contributed by atoms with Gasteiger partial charge in [-0.25, -0.2) is 0 Å². The van der Waals surface area contributed by atoms with Crippen molar-refractivity contribution in [3.8, 4) is 0 Å². The van der Waals surface area contributed by atoms with Crippen LogP contribution >= 0.6 is 0 Å². The molecule has 1 saturated heterocycles. The van der Waals surface area contributed by atoms with Gasteiger partial charge in [0, 0.05) is 0 Å². The maximum Gasteiger partial charge on any atom is 0.0988 e. The summed E-state index contributed by atoms with van der Waals surface area (Å²) < 4.78 is 4.74. The Morgan fingerprint density at radius 1 is 2.00 bits per heavy atom. The molecule has 1 atom stereocenters. The molecule has 1 heterocycles. The molecule has 1 aliphatic rings. The molecule has 28 valence electrons. The van der Waals surface area contributed by atoms with Gasteiger partial charge in [0.1, 0.15) is 0 Å². The summed E-state index contributed by atoms with van der Waals surface area (Å²) in [4.78, 5) is 0. The van der Waals surface area contributed by atoms with E-state index in [0.29, 0.717) is 6.10 Å². The Labute approximate surface area is 31.3 Å². The van der Waals surface area contributed by atoms with E-state index in [1.54, 1.807) is 6.08 Å². The minimum absolute atomic E-state index is 0.398. The summed E-state index contributed by atoms with van der Waals surface area (Å²) in [5.41, 5.74) is 0. The van der Waals surface area contributed by atoms with Crippen LogP contribution in [0.1, 0.15) is 0 Å². The van der Waals surface area contributed by atoms with E-state index in [-0.39, 0.29) is 0 Å². The molecule has 1 heteroatoms. The summed E-state index contributed by atoms with van der Waals surface area (Å²) in [6.45, 7) is 4.39. The lowest BCUT2D eigenvalue weighted by molar-refractivity contribution is 0.440. The van der Waals surface area contributed by atoms with Crippen LogP contribution in [0.3, 0.4) is 0 Å². The molecule has 5 heavy (non-hydrogen) atoms. The first-order valence-corrected chi connectivity index (χ1v) is 1.67. The summed E-state index contributed by atoms with van der Waals surface area (Å²) >= 11 is 0. The number of hydrogen-bond acceptors (Lipinski definition) is 1. The molecular weight excluding hydrogens is 64.0 g/mol. The van der Waals surface area contributed by atoms with Crippen molar-refractivity contribution in [2.75, 3.05) is 6.61 Å². The van der Waals surface area contributed by atoms with Crippen molar-refractivity contribution >= 4 is 0 Å². The quantitative estimate of drug-likeness (QED) is 0.324. The van der Waals surface area contributed by atoms with E-state index in [2.05, 4.69) is 6.58 Å². The van der Waals surface area contributed by atoms with Crippen molar-refractivity contribution in [2.45, 2.75) is 6.10 Å². The fraction of sp³-hybridized carbons (Fsp3) is 0.500. The molecule has 1 rings (SSSR count). The summed E-state index contributed by atoms with van der Waals surface area (Å²) in [5.74, 6) is 0. The first-order chi connectivity index (χ1) is 2.43. The molecule has 0 aromatic carbocycles. The zero-order valence-corrected chi connectivity index (χ0v) is 2.98. The van der Waals surface area contributed by atoms with Crippen molar-refractivity contribution in [3.05, 3.63) is 12.7 Å². The predicted molar refractivity (Wildman–Crippen MR) is 19.9 cm³/mol. The van der Waals surface area contributed by atoms with E-state index >= 15 is 0 Å². The zero-order chi connectivity index (χ0) is 3.70. The van der Waals surface area contributed by atoms with E-state index in [9.17, 15) is 0 Å². The Balaban J connectivity index is 2.21. The van der Waals surface area contributed by atoms with Gasteiger partial charge in [-0.3, -0.25) is 0 Å². The monoisotopic (exact) mass is 70.0 g/mol. The van der Waals surface area contributed by atoms with Gasteiger partial charge in [-0.2, -0.15) is 0 Å². The van der Waals surface area contributed by atoms with Gasteiger partial charge in [0.15, 0.2) is 0 Å². The zero-order valence-electron chi connectivity index (χ0n) is 2.98.